The molecule has 4 atom stereocenters. The minimum absolute atomic E-state index is 0.0924. The summed E-state index contributed by atoms with van der Waals surface area (Å²) in [5.41, 5.74) is 12.0. The molecule has 85 heavy (non-hydrogen) atoms. The van der Waals surface area contributed by atoms with Gasteiger partial charge < -0.3 is 34.6 Å². The lowest BCUT2D eigenvalue weighted by molar-refractivity contribution is -0.142. The summed E-state index contributed by atoms with van der Waals surface area (Å²) in [6.45, 7) is 16.0. The molecule has 4 saturated heterocycles. The Bertz CT molecular complexity index is 3850. The number of aromatic nitrogens is 7. The van der Waals surface area contributed by atoms with Gasteiger partial charge in [0.25, 0.3) is 0 Å². The molecule has 1 aliphatic carbocycles. The Morgan fingerprint density at radius 3 is 2.44 bits per heavy atom. The van der Waals surface area contributed by atoms with Gasteiger partial charge in [-0.25, -0.2) is 9.37 Å². The number of halogens is 1. The number of H-pyrrole nitrogens is 1. The van der Waals surface area contributed by atoms with Crippen molar-refractivity contribution in [1.29, 1.82) is 0 Å². The van der Waals surface area contributed by atoms with Crippen LogP contribution in [-0.4, -0.2) is 133 Å². The van der Waals surface area contributed by atoms with Gasteiger partial charge in [0.2, 0.25) is 11.8 Å². The van der Waals surface area contributed by atoms with E-state index in [9.17, 15) is 14.4 Å². The molecule has 8 aromatic rings. The van der Waals surface area contributed by atoms with E-state index in [2.05, 4.69) is 55.5 Å². The SMILES string of the molecule is CNc1cc(COc2c(-c3c(C)c(F)cc4[nH]ncc34)c(C3CC3)cc3c(N4CC5CC4CN5C(C)C)nc(OC4CCOCC4)nc23)ccc1-c1cn(C(C(=O)N2CCCC2C(=O)NCc2ccc(-c3scnc3C)cc2)C(C)C)nc1C=O. The third kappa shape index (κ3) is 10.7. The molecule has 4 unspecified atom stereocenters. The summed E-state index contributed by atoms with van der Waals surface area (Å²) in [6, 6.07) is 17.6. The van der Waals surface area contributed by atoms with Crippen LogP contribution in [0.25, 0.3) is 54.5 Å². The van der Waals surface area contributed by atoms with Gasteiger partial charge >= 0.3 is 6.01 Å². The lowest BCUT2D eigenvalue weighted by Crippen LogP contribution is -2.49. The first-order valence-corrected chi connectivity index (χ1v) is 31.0. The van der Waals surface area contributed by atoms with Crippen LogP contribution in [0.3, 0.4) is 0 Å². The zero-order chi connectivity index (χ0) is 58.8. The van der Waals surface area contributed by atoms with Crippen molar-refractivity contribution < 1.29 is 33.0 Å². The van der Waals surface area contributed by atoms with E-state index in [0.717, 1.165) is 93.6 Å². The van der Waals surface area contributed by atoms with Gasteiger partial charge in [0.1, 0.15) is 47.6 Å². The number of nitrogens with zero attached hydrogens (tertiary/aromatic N) is 9. The Kier molecular flexibility index (Phi) is 15.4. The summed E-state index contributed by atoms with van der Waals surface area (Å²) in [5.74, 6) is 0.510. The molecular formula is C65H73FN12O6S. The number of anilines is 2. The summed E-state index contributed by atoms with van der Waals surface area (Å²) in [7, 11) is 1.82. The average molecular weight is 1170 g/mol. The van der Waals surface area contributed by atoms with Gasteiger partial charge in [-0.3, -0.25) is 29.1 Å². The molecule has 5 aliphatic rings. The van der Waals surface area contributed by atoms with Gasteiger partial charge in [0, 0.05) is 109 Å². The fraction of sp³-hybridized carbons (Fsp3) is 0.446. The monoisotopic (exact) mass is 1170 g/mol. The van der Waals surface area contributed by atoms with E-state index >= 15 is 4.39 Å². The zero-order valence-corrected chi connectivity index (χ0v) is 50.1. The Morgan fingerprint density at radius 2 is 1.73 bits per heavy atom. The Morgan fingerprint density at radius 1 is 0.929 bits per heavy atom. The normalized spacial score (nSPS) is 19.5. The first kappa shape index (κ1) is 56.3. The topological polar surface area (TPSA) is 198 Å². The number of likely N-dealkylation sites (tertiary alicyclic amines) is 2. The van der Waals surface area contributed by atoms with E-state index in [1.165, 1.54) is 6.07 Å². The number of aldehydes is 1. The number of hydrogen-bond donors (Lipinski definition) is 3. The van der Waals surface area contributed by atoms with E-state index < -0.39 is 12.1 Å². The number of nitrogens with one attached hydrogen (secondary N) is 3. The first-order chi connectivity index (χ1) is 41.2. The van der Waals surface area contributed by atoms with Crippen molar-refractivity contribution in [3.63, 3.8) is 0 Å². The summed E-state index contributed by atoms with van der Waals surface area (Å²) < 4.78 is 37.7. The highest BCUT2D eigenvalue weighted by molar-refractivity contribution is 7.13. The predicted octanol–water partition coefficient (Wildman–Crippen LogP) is 11.0. The number of rotatable bonds is 19. The minimum atomic E-state index is -0.794. The van der Waals surface area contributed by atoms with Crippen molar-refractivity contribution in [3.8, 4) is 44.5 Å². The maximum atomic E-state index is 16.3. The summed E-state index contributed by atoms with van der Waals surface area (Å²) in [6.07, 6.45) is 9.75. The molecule has 2 bridgehead atoms. The zero-order valence-electron chi connectivity index (χ0n) is 49.3. The van der Waals surface area contributed by atoms with Crippen LogP contribution in [0.2, 0.25) is 0 Å². The maximum absolute atomic E-state index is 16.3. The minimum Gasteiger partial charge on any atom is -0.486 e. The molecule has 20 heteroatoms. The quantitative estimate of drug-likeness (QED) is 0.0646. The number of piperazine rings is 1. The van der Waals surface area contributed by atoms with Gasteiger partial charge in [-0.2, -0.15) is 20.2 Å². The second-order valence-corrected chi connectivity index (χ2v) is 25.1. The van der Waals surface area contributed by atoms with Crippen LogP contribution in [0.5, 0.6) is 11.8 Å². The summed E-state index contributed by atoms with van der Waals surface area (Å²) >= 11 is 1.60. The fourth-order valence-electron chi connectivity index (χ4n) is 13.6. The van der Waals surface area contributed by atoms with Crippen molar-refractivity contribution in [2.45, 2.75) is 142 Å². The molecule has 5 fully saturated rings. The third-order valence-corrected chi connectivity index (χ3v) is 19.1. The van der Waals surface area contributed by atoms with E-state index in [1.54, 1.807) is 33.3 Å². The molecule has 18 nitrogen and oxygen atoms in total. The lowest BCUT2D eigenvalue weighted by Gasteiger charge is -2.37. The molecule has 4 aliphatic heterocycles. The second-order valence-electron chi connectivity index (χ2n) is 24.3. The van der Waals surface area contributed by atoms with Gasteiger partial charge in [0.05, 0.1) is 41.0 Å². The number of hydrogen-bond acceptors (Lipinski definition) is 15. The standard InChI is InChI=1S/C65H73FN12O6S/c1-35(2)59(64(81)75-20-8-9-55(75)63(80)68-27-39-10-13-42(14-11-39)61-38(6)69-34-85-61)78-31-50(54(32-79)74-78)46-17-12-40(23-52(46)67-7)33-83-60-57(56-37(5)51(66)26-53-49(56)28-70-73-53)47(41-15-16-41)25-48-58(60)71-65(84-45-18-21-82-22-19-45)72-62(48)77-30-43-24-44(77)29-76(43)36(3)4/h10-14,17,23,25-26,28,31-32,34-36,41,43-45,55,59,67H,8-9,15-16,18-22,24,27,29-30,33H2,1-7H3,(H,68,80)(H,70,73). The largest absolute Gasteiger partial charge is 0.486 e. The number of carbonyl (C=O) groups excluding carboxylic acids is 3. The van der Waals surface area contributed by atoms with Crippen LogP contribution < -0.4 is 25.0 Å². The van der Waals surface area contributed by atoms with Crippen LogP contribution in [0, 0.1) is 25.6 Å². The molecule has 0 radical (unpaired) electrons. The number of aryl methyl sites for hydroxylation is 1. The maximum Gasteiger partial charge on any atom is 0.319 e. The molecule has 2 amide bonds. The molecule has 13 rings (SSSR count). The Balaban J connectivity index is 0.826. The number of fused-ring (bicyclic) bond motifs is 4. The molecule has 4 aromatic carbocycles. The molecule has 1 saturated carbocycles. The van der Waals surface area contributed by atoms with Gasteiger partial charge in [-0.05, 0) is 118 Å². The van der Waals surface area contributed by atoms with E-state index in [4.69, 9.17) is 29.3 Å². The average Bonchev–Trinajstić information content (AvgIpc) is 1.96. The molecule has 3 N–H and O–H groups in total. The lowest BCUT2D eigenvalue weighted by atomic mass is 9.88. The van der Waals surface area contributed by atoms with E-state index in [-0.39, 0.29) is 59.9 Å². The van der Waals surface area contributed by atoms with Crippen molar-refractivity contribution >= 4 is 62.7 Å². The second kappa shape index (κ2) is 23.2. The summed E-state index contributed by atoms with van der Waals surface area (Å²) in [5, 5.41) is 20.3. The molecular weight excluding hydrogens is 1100 g/mol. The molecule has 4 aromatic heterocycles. The smallest absolute Gasteiger partial charge is 0.319 e. The highest BCUT2D eigenvalue weighted by Gasteiger charge is 2.46. The van der Waals surface area contributed by atoms with Crippen LogP contribution in [0.15, 0.2) is 72.5 Å². The highest BCUT2D eigenvalue weighted by atomic mass is 32.1. The molecule has 8 heterocycles. The van der Waals surface area contributed by atoms with Crippen molar-refractivity contribution in [1.82, 2.24) is 50.0 Å². The van der Waals surface area contributed by atoms with Crippen molar-refractivity contribution in [3.05, 3.63) is 112 Å². The Hall–Kier alpha value is -7.81. The van der Waals surface area contributed by atoms with Crippen LogP contribution >= 0.6 is 11.3 Å². The Labute approximate surface area is 497 Å². The number of amides is 2. The number of aromatic amines is 1. The van der Waals surface area contributed by atoms with Gasteiger partial charge in [-0.15, -0.1) is 11.3 Å². The van der Waals surface area contributed by atoms with Gasteiger partial charge in [-0.1, -0.05) is 50.2 Å². The third-order valence-electron chi connectivity index (χ3n) is 18.1. The van der Waals surface area contributed by atoms with E-state index in [0.29, 0.717) is 109 Å². The summed E-state index contributed by atoms with van der Waals surface area (Å²) in [4.78, 5) is 64.5. The highest BCUT2D eigenvalue weighted by Crippen LogP contribution is 2.54. The predicted molar refractivity (Wildman–Crippen MR) is 327 cm³/mol. The fourth-order valence-corrected chi connectivity index (χ4v) is 14.4. The van der Waals surface area contributed by atoms with Crippen molar-refractivity contribution in [2.24, 2.45) is 5.92 Å². The number of benzene rings is 4. The number of carbonyl (C=O) groups is 3. The molecule has 0 spiro atoms. The number of thiazole rings is 1. The van der Waals surface area contributed by atoms with Gasteiger partial charge in [0.15, 0.2) is 12.0 Å². The van der Waals surface area contributed by atoms with Crippen molar-refractivity contribution in [2.75, 3.05) is 50.1 Å². The van der Waals surface area contributed by atoms with Crippen LogP contribution in [0.4, 0.5) is 15.9 Å². The van der Waals surface area contributed by atoms with Crippen LogP contribution in [0.1, 0.15) is 123 Å². The van der Waals surface area contributed by atoms with E-state index in [1.807, 2.05) is 82.7 Å². The number of ether oxygens (including phenoxy) is 3. The molecule has 442 valence electrons. The first-order valence-electron chi connectivity index (χ1n) is 30.1. The van der Waals surface area contributed by atoms with Crippen LogP contribution in [-0.2, 0) is 27.5 Å².